The fourth-order valence-electron chi connectivity index (χ4n) is 1.96. The number of carboxylic acid groups (broad SMARTS) is 1. The van der Waals surface area contributed by atoms with Crippen molar-refractivity contribution >= 4 is 17.3 Å². The van der Waals surface area contributed by atoms with Crippen LogP contribution in [0.25, 0.3) is 0 Å². The Morgan fingerprint density at radius 1 is 1.43 bits per heavy atom. The lowest BCUT2D eigenvalue weighted by molar-refractivity contribution is -0.385. The zero-order chi connectivity index (χ0) is 16.2. The maximum absolute atomic E-state index is 13.1. The Morgan fingerprint density at radius 3 is 2.48 bits per heavy atom. The Hall–Kier alpha value is -2.25. The number of alkyl halides is 2. The Labute approximate surface area is 120 Å². The van der Waals surface area contributed by atoms with Crippen LogP contribution in [-0.4, -0.2) is 28.6 Å². The maximum Gasteiger partial charge on any atom is 0.305 e. The summed E-state index contributed by atoms with van der Waals surface area (Å²) in [5, 5.41) is 19.4. The fraction of sp³-hybridized carbons (Fsp3) is 0.462. The van der Waals surface area contributed by atoms with Crippen molar-refractivity contribution in [3.63, 3.8) is 0 Å². The first-order chi connectivity index (χ1) is 9.73. The molecule has 0 heterocycles. The molecule has 0 saturated heterocycles. The Balaban J connectivity index is 3.23. The Bertz CT molecular complexity index is 535. The van der Waals surface area contributed by atoms with Crippen LogP contribution in [0.5, 0.6) is 0 Å². The lowest BCUT2D eigenvalue weighted by Crippen LogP contribution is -2.33. The molecule has 0 unspecified atom stereocenters. The van der Waals surface area contributed by atoms with Crippen LogP contribution in [0.1, 0.15) is 32.3 Å². The van der Waals surface area contributed by atoms with Gasteiger partial charge in [0.15, 0.2) is 0 Å². The Morgan fingerprint density at radius 2 is 2.05 bits per heavy atom. The quantitative estimate of drug-likeness (QED) is 0.617. The molecule has 1 aromatic carbocycles. The lowest BCUT2D eigenvalue weighted by atomic mass is 10.1. The minimum absolute atomic E-state index is 0.0462. The van der Waals surface area contributed by atoms with Gasteiger partial charge < -0.3 is 10.0 Å². The molecule has 8 heteroatoms. The first kappa shape index (κ1) is 16.8. The third kappa shape index (κ3) is 4.37. The highest BCUT2D eigenvalue weighted by atomic mass is 19.3. The number of anilines is 1. The predicted octanol–water partition coefficient (Wildman–Crippen LogP) is 3.22. The SMILES string of the molecule is CC(C)N(CCC(=O)O)c1ccc([N+](=O)[O-])cc1C(F)F. The number of non-ortho nitro benzene ring substituents is 1. The average molecular weight is 302 g/mol. The van der Waals surface area contributed by atoms with Gasteiger partial charge in [0.1, 0.15) is 0 Å². The minimum atomic E-state index is -2.88. The molecule has 1 aromatic rings. The molecule has 6 nitrogen and oxygen atoms in total. The van der Waals surface area contributed by atoms with Gasteiger partial charge in [0, 0.05) is 36.0 Å². The summed E-state index contributed by atoms with van der Waals surface area (Å²) in [5.41, 5.74) is -0.772. The van der Waals surface area contributed by atoms with Gasteiger partial charge in [-0.1, -0.05) is 0 Å². The number of hydrogen-bond donors (Lipinski definition) is 1. The summed E-state index contributed by atoms with van der Waals surface area (Å²) in [4.78, 5) is 22.1. The molecular weight excluding hydrogens is 286 g/mol. The number of aliphatic carboxylic acids is 1. The van der Waals surface area contributed by atoms with Crippen molar-refractivity contribution in [2.75, 3.05) is 11.4 Å². The number of benzene rings is 1. The van der Waals surface area contributed by atoms with Crippen LogP contribution in [0.15, 0.2) is 18.2 Å². The second-order valence-electron chi connectivity index (χ2n) is 4.73. The second kappa shape index (κ2) is 6.96. The van der Waals surface area contributed by atoms with Crippen LogP contribution in [0.2, 0.25) is 0 Å². The van der Waals surface area contributed by atoms with E-state index in [2.05, 4.69) is 0 Å². The number of halogens is 2. The van der Waals surface area contributed by atoms with E-state index in [4.69, 9.17) is 5.11 Å². The third-order valence-corrected chi connectivity index (χ3v) is 2.96. The van der Waals surface area contributed by atoms with Gasteiger partial charge in [-0.15, -0.1) is 0 Å². The molecule has 0 amide bonds. The van der Waals surface area contributed by atoms with Gasteiger partial charge in [0.25, 0.3) is 12.1 Å². The van der Waals surface area contributed by atoms with E-state index in [-0.39, 0.29) is 24.7 Å². The van der Waals surface area contributed by atoms with E-state index in [1.54, 1.807) is 13.8 Å². The van der Waals surface area contributed by atoms with Crippen LogP contribution in [0, 0.1) is 10.1 Å². The zero-order valence-electron chi connectivity index (χ0n) is 11.6. The molecule has 116 valence electrons. The molecule has 0 atom stereocenters. The van der Waals surface area contributed by atoms with Gasteiger partial charge >= 0.3 is 5.97 Å². The number of carboxylic acids is 1. The number of nitro groups is 1. The third-order valence-electron chi connectivity index (χ3n) is 2.96. The van der Waals surface area contributed by atoms with Gasteiger partial charge in [0.2, 0.25) is 0 Å². The van der Waals surface area contributed by atoms with E-state index >= 15 is 0 Å². The van der Waals surface area contributed by atoms with E-state index in [0.29, 0.717) is 0 Å². The lowest BCUT2D eigenvalue weighted by Gasteiger charge is -2.30. The first-order valence-electron chi connectivity index (χ1n) is 6.29. The van der Waals surface area contributed by atoms with E-state index < -0.39 is 28.6 Å². The molecule has 0 saturated carbocycles. The van der Waals surface area contributed by atoms with E-state index in [1.807, 2.05) is 0 Å². The highest BCUT2D eigenvalue weighted by Crippen LogP contribution is 2.34. The van der Waals surface area contributed by atoms with Gasteiger partial charge in [0.05, 0.1) is 11.3 Å². The predicted molar refractivity (Wildman–Crippen MR) is 72.8 cm³/mol. The summed E-state index contributed by atoms with van der Waals surface area (Å²) < 4.78 is 26.3. The zero-order valence-corrected chi connectivity index (χ0v) is 11.6. The molecule has 0 radical (unpaired) electrons. The molecule has 21 heavy (non-hydrogen) atoms. The highest BCUT2D eigenvalue weighted by molar-refractivity contribution is 5.68. The van der Waals surface area contributed by atoms with Gasteiger partial charge in [-0.25, -0.2) is 8.78 Å². The van der Waals surface area contributed by atoms with Crippen LogP contribution in [0.3, 0.4) is 0 Å². The van der Waals surface area contributed by atoms with E-state index in [9.17, 15) is 23.7 Å². The molecule has 0 bridgehead atoms. The standard InChI is InChI=1S/C13H16F2N2O4/c1-8(2)16(6-5-12(18)19)11-4-3-9(17(20)21)7-10(11)13(14)15/h3-4,7-8,13H,5-6H2,1-2H3,(H,18,19). The molecule has 0 aliphatic carbocycles. The maximum atomic E-state index is 13.1. The summed E-state index contributed by atoms with van der Waals surface area (Å²) in [6, 6.07) is 2.98. The summed E-state index contributed by atoms with van der Waals surface area (Å²) in [6.07, 6.45) is -3.09. The van der Waals surface area contributed by atoms with Crippen LogP contribution < -0.4 is 4.90 Å². The summed E-state index contributed by atoms with van der Waals surface area (Å²) in [6.45, 7) is 3.52. The number of rotatable bonds is 7. The van der Waals surface area contributed by atoms with E-state index in [1.165, 1.54) is 11.0 Å². The monoisotopic (exact) mass is 302 g/mol. The molecule has 0 spiro atoms. The van der Waals surface area contributed by atoms with Gasteiger partial charge in [-0.05, 0) is 19.9 Å². The molecule has 1 N–H and O–H groups in total. The van der Waals surface area contributed by atoms with Crippen LogP contribution in [-0.2, 0) is 4.79 Å². The van der Waals surface area contributed by atoms with Crippen LogP contribution in [0.4, 0.5) is 20.2 Å². The number of hydrogen-bond acceptors (Lipinski definition) is 4. The molecule has 1 rings (SSSR count). The van der Waals surface area contributed by atoms with Crippen molar-refractivity contribution in [3.05, 3.63) is 33.9 Å². The van der Waals surface area contributed by atoms with Gasteiger partial charge in [-0.3, -0.25) is 14.9 Å². The van der Waals surface area contributed by atoms with Crippen molar-refractivity contribution in [1.82, 2.24) is 0 Å². The Kier molecular flexibility index (Phi) is 5.57. The van der Waals surface area contributed by atoms with E-state index in [0.717, 1.165) is 12.1 Å². The summed E-state index contributed by atoms with van der Waals surface area (Å²) in [7, 11) is 0. The smallest absolute Gasteiger partial charge is 0.305 e. The van der Waals surface area contributed by atoms with Crippen LogP contribution >= 0.6 is 0 Å². The van der Waals surface area contributed by atoms with Crippen molar-refractivity contribution < 1.29 is 23.6 Å². The molecule has 0 fully saturated rings. The minimum Gasteiger partial charge on any atom is -0.481 e. The summed E-state index contributed by atoms with van der Waals surface area (Å²) >= 11 is 0. The number of nitrogens with zero attached hydrogens (tertiary/aromatic N) is 2. The first-order valence-corrected chi connectivity index (χ1v) is 6.29. The number of carbonyl (C=O) groups is 1. The van der Waals surface area contributed by atoms with Crippen molar-refractivity contribution in [3.8, 4) is 0 Å². The molecule has 0 aromatic heterocycles. The summed E-state index contributed by atoms with van der Waals surface area (Å²) in [5.74, 6) is -1.04. The second-order valence-corrected chi connectivity index (χ2v) is 4.73. The fourth-order valence-corrected chi connectivity index (χ4v) is 1.96. The number of nitro benzene ring substituents is 1. The molecular formula is C13H16F2N2O4. The normalized spacial score (nSPS) is 11.0. The van der Waals surface area contributed by atoms with Crippen molar-refractivity contribution in [2.45, 2.75) is 32.7 Å². The average Bonchev–Trinajstić information content (AvgIpc) is 2.37. The van der Waals surface area contributed by atoms with Crippen molar-refractivity contribution in [2.24, 2.45) is 0 Å². The molecule has 0 aliphatic rings. The molecule has 0 aliphatic heterocycles. The van der Waals surface area contributed by atoms with Gasteiger partial charge in [-0.2, -0.15) is 0 Å². The largest absolute Gasteiger partial charge is 0.481 e. The highest BCUT2D eigenvalue weighted by Gasteiger charge is 2.23. The topological polar surface area (TPSA) is 83.7 Å². The van der Waals surface area contributed by atoms with Crippen molar-refractivity contribution in [1.29, 1.82) is 0 Å².